The third-order valence-corrected chi connectivity index (χ3v) is 5.17. The van der Waals surface area contributed by atoms with E-state index in [0.29, 0.717) is 35.6 Å². The van der Waals surface area contributed by atoms with Gasteiger partial charge in [0.2, 0.25) is 11.8 Å². The Bertz CT molecular complexity index is 1060. The van der Waals surface area contributed by atoms with E-state index in [0.717, 1.165) is 17.3 Å². The van der Waals surface area contributed by atoms with Crippen molar-refractivity contribution in [2.45, 2.75) is 24.1 Å². The highest BCUT2D eigenvalue weighted by molar-refractivity contribution is 7.99. The van der Waals surface area contributed by atoms with Crippen molar-refractivity contribution in [1.82, 2.24) is 15.5 Å². The molecule has 9 heteroatoms. The maximum atomic E-state index is 13.3. The van der Waals surface area contributed by atoms with Gasteiger partial charge in [-0.1, -0.05) is 23.9 Å². The molecule has 0 unspecified atom stereocenters. The number of amides is 1. The Kier molecular flexibility index (Phi) is 6.29. The van der Waals surface area contributed by atoms with Crippen molar-refractivity contribution < 1.29 is 22.4 Å². The van der Waals surface area contributed by atoms with Crippen molar-refractivity contribution in [3.05, 3.63) is 89.8 Å². The zero-order valence-corrected chi connectivity index (χ0v) is 16.6. The van der Waals surface area contributed by atoms with Gasteiger partial charge in [0.15, 0.2) is 0 Å². The van der Waals surface area contributed by atoms with Gasteiger partial charge < -0.3 is 18.6 Å². The molecule has 3 heterocycles. The summed E-state index contributed by atoms with van der Waals surface area (Å²) in [6.07, 6.45) is 3.53. The second-order valence-corrected chi connectivity index (χ2v) is 7.36. The summed E-state index contributed by atoms with van der Waals surface area (Å²) in [6, 6.07) is 13.4. The summed E-state index contributed by atoms with van der Waals surface area (Å²) >= 11 is 1.15. The summed E-state index contributed by atoms with van der Waals surface area (Å²) in [5.74, 6) is 1.26. The minimum Gasteiger partial charge on any atom is -0.469 e. The van der Waals surface area contributed by atoms with E-state index in [1.165, 1.54) is 12.1 Å². The van der Waals surface area contributed by atoms with Gasteiger partial charge in [-0.2, -0.15) is 0 Å². The SMILES string of the molecule is O=C(CSc1nnc(C[C@H](c2ccc(F)cc2)c2ccco2)o1)NCc1ccco1. The minimum absolute atomic E-state index is 0.141. The molecule has 1 atom stereocenters. The standard InChI is InChI=1S/C21H18FN3O4S/c22-15-7-5-14(6-8-15)17(18-4-2-10-28-18)11-20-24-25-21(29-20)30-13-19(26)23-12-16-3-1-9-27-16/h1-10,17H,11-13H2,(H,23,26)/t17-/m1/s1. The first-order chi connectivity index (χ1) is 14.7. The second-order valence-electron chi connectivity index (χ2n) is 6.43. The maximum absolute atomic E-state index is 13.3. The molecule has 0 radical (unpaired) electrons. The van der Waals surface area contributed by atoms with Gasteiger partial charge in [-0.3, -0.25) is 4.79 Å². The Hall–Kier alpha value is -3.33. The van der Waals surface area contributed by atoms with Crippen LogP contribution in [0.15, 0.2) is 79.5 Å². The van der Waals surface area contributed by atoms with Crippen molar-refractivity contribution in [2.24, 2.45) is 0 Å². The smallest absolute Gasteiger partial charge is 0.277 e. The van der Waals surface area contributed by atoms with Crippen LogP contribution in [0.1, 0.15) is 28.9 Å². The molecule has 4 rings (SSSR count). The Balaban J connectivity index is 1.36. The quantitative estimate of drug-likeness (QED) is 0.401. The van der Waals surface area contributed by atoms with Crippen LogP contribution in [0.2, 0.25) is 0 Å². The van der Waals surface area contributed by atoms with Crippen molar-refractivity contribution in [1.29, 1.82) is 0 Å². The van der Waals surface area contributed by atoms with Gasteiger partial charge in [0.25, 0.3) is 5.22 Å². The van der Waals surface area contributed by atoms with E-state index in [4.69, 9.17) is 13.3 Å². The fourth-order valence-corrected chi connectivity index (χ4v) is 3.51. The van der Waals surface area contributed by atoms with E-state index in [2.05, 4.69) is 15.5 Å². The summed E-state index contributed by atoms with van der Waals surface area (Å²) < 4.78 is 29.7. The number of carbonyl (C=O) groups is 1. The van der Waals surface area contributed by atoms with Gasteiger partial charge >= 0.3 is 0 Å². The highest BCUT2D eigenvalue weighted by Gasteiger charge is 2.21. The monoisotopic (exact) mass is 427 g/mol. The molecular weight excluding hydrogens is 409 g/mol. The molecule has 0 saturated heterocycles. The third kappa shape index (κ3) is 5.18. The molecule has 0 fully saturated rings. The zero-order valence-electron chi connectivity index (χ0n) is 15.8. The molecule has 154 valence electrons. The number of aromatic nitrogens is 2. The first kappa shape index (κ1) is 20.0. The predicted molar refractivity (Wildman–Crippen MR) is 106 cm³/mol. The van der Waals surface area contributed by atoms with E-state index >= 15 is 0 Å². The lowest BCUT2D eigenvalue weighted by molar-refractivity contribution is -0.118. The Morgan fingerprint density at radius 3 is 2.60 bits per heavy atom. The van der Waals surface area contributed by atoms with Crippen molar-refractivity contribution in [3.8, 4) is 0 Å². The molecule has 1 aromatic carbocycles. The van der Waals surface area contributed by atoms with Crippen LogP contribution in [-0.4, -0.2) is 21.9 Å². The molecule has 0 aliphatic carbocycles. The van der Waals surface area contributed by atoms with E-state index in [-0.39, 0.29) is 23.4 Å². The molecule has 4 aromatic rings. The van der Waals surface area contributed by atoms with Gasteiger partial charge in [-0.05, 0) is 42.0 Å². The lowest BCUT2D eigenvalue weighted by atomic mass is 9.93. The summed E-state index contributed by atoms with van der Waals surface area (Å²) in [5, 5.41) is 11.1. The number of hydrogen-bond donors (Lipinski definition) is 1. The number of benzene rings is 1. The van der Waals surface area contributed by atoms with Crippen LogP contribution in [0, 0.1) is 5.82 Å². The molecular formula is C21H18FN3O4S. The van der Waals surface area contributed by atoms with Crippen molar-refractivity contribution >= 4 is 17.7 Å². The number of furan rings is 2. The van der Waals surface area contributed by atoms with E-state index < -0.39 is 0 Å². The Morgan fingerprint density at radius 1 is 1.07 bits per heavy atom. The van der Waals surface area contributed by atoms with Crippen LogP contribution in [0.5, 0.6) is 0 Å². The van der Waals surface area contributed by atoms with E-state index in [9.17, 15) is 9.18 Å². The topological polar surface area (TPSA) is 94.3 Å². The molecule has 0 saturated carbocycles. The number of nitrogens with one attached hydrogen (secondary N) is 1. The molecule has 7 nitrogen and oxygen atoms in total. The molecule has 30 heavy (non-hydrogen) atoms. The summed E-state index contributed by atoms with van der Waals surface area (Å²) in [5.41, 5.74) is 0.871. The van der Waals surface area contributed by atoms with E-state index in [1.54, 1.807) is 42.9 Å². The molecule has 0 aliphatic heterocycles. The summed E-state index contributed by atoms with van der Waals surface area (Å²) in [4.78, 5) is 12.0. The van der Waals surface area contributed by atoms with Gasteiger partial charge in [0.05, 0.1) is 30.7 Å². The van der Waals surface area contributed by atoms with Crippen molar-refractivity contribution in [3.63, 3.8) is 0 Å². The maximum Gasteiger partial charge on any atom is 0.277 e. The van der Waals surface area contributed by atoms with Crippen LogP contribution in [0.4, 0.5) is 4.39 Å². The molecule has 0 spiro atoms. The van der Waals surface area contributed by atoms with Crippen molar-refractivity contribution in [2.75, 3.05) is 5.75 Å². The highest BCUT2D eigenvalue weighted by atomic mass is 32.2. The Morgan fingerprint density at radius 2 is 1.87 bits per heavy atom. The minimum atomic E-state index is -0.307. The third-order valence-electron chi connectivity index (χ3n) is 4.35. The van der Waals surface area contributed by atoms with Crippen LogP contribution in [-0.2, 0) is 17.8 Å². The molecule has 0 bridgehead atoms. The number of rotatable bonds is 9. The van der Waals surface area contributed by atoms with Crippen LogP contribution >= 0.6 is 11.8 Å². The summed E-state index contributed by atoms with van der Waals surface area (Å²) in [6.45, 7) is 0.323. The number of hydrogen-bond acceptors (Lipinski definition) is 7. The van der Waals surface area contributed by atoms with Gasteiger partial charge in [-0.25, -0.2) is 4.39 Å². The predicted octanol–water partition coefficient (Wildman–Crippen LogP) is 4.18. The van der Waals surface area contributed by atoms with Crippen LogP contribution in [0.3, 0.4) is 0 Å². The number of thioether (sulfide) groups is 1. The van der Waals surface area contributed by atoms with E-state index in [1.807, 2.05) is 6.07 Å². The van der Waals surface area contributed by atoms with Crippen LogP contribution < -0.4 is 5.32 Å². The number of nitrogens with zero attached hydrogens (tertiary/aromatic N) is 2. The second kappa shape index (κ2) is 9.45. The highest BCUT2D eigenvalue weighted by Crippen LogP contribution is 2.29. The normalized spacial score (nSPS) is 12.0. The first-order valence-electron chi connectivity index (χ1n) is 9.20. The fraction of sp³-hybridized carbons (Fsp3) is 0.190. The molecule has 1 N–H and O–H groups in total. The molecule has 1 amide bonds. The number of halogens is 1. The lowest BCUT2D eigenvalue weighted by Crippen LogP contribution is -2.24. The lowest BCUT2D eigenvalue weighted by Gasteiger charge is -2.13. The first-order valence-corrected chi connectivity index (χ1v) is 10.2. The Labute approximate surface area is 175 Å². The van der Waals surface area contributed by atoms with Gasteiger partial charge in [0, 0.05) is 6.42 Å². The molecule has 3 aromatic heterocycles. The fourth-order valence-electron chi connectivity index (χ4n) is 2.90. The van der Waals surface area contributed by atoms with Gasteiger partial charge in [-0.15, -0.1) is 10.2 Å². The zero-order chi connectivity index (χ0) is 20.8. The average molecular weight is 427 g/mol. The molecule has 0 aliphatic rings. The van der Waals surface area contributed by atoms with Crippen LogP contribution in [0.25, 0.3) is 0 Å². The summed E-state index contributed by atoms with van der Waals surface area (Å²) in [7, 11) is 0. The average Bonchev–Trinajstić information content (AvgIpc) is 3.53. The van der Waals surface area contributed by atoms with Gasteiger partial charge in [0.1, 0.15) is 17.3 Å². The number of carbonyl (C=O) groups excluding carboxylic acids is 1. The largest absolute Gasteiger partial charge is 0.469 e.